The summed E-state index contributed by atoms with van der Waals surface area (Å²) in [5.41, 5.74) is 6.82. The van der Waals surface area contributed by atoms with Crippen molar-refractivity contribution in [2.24, 2.45) is 5.11 Å². The first-order valence-corrected chi connectivity index (χ1v) is 3.27. The molecule has 1 aliphatic rings. The number of hydrogen-bond donors (Lipinski definition) is 1. The van der Waals surface area contributed by atoms with Crippen molar-refractivity contribution < 1.29 is 4.74 Å². The summed E-state index contributed by atoms with van der Waals surface area (Å²) >= 11 is 11.1. The van der Waals surface area contributed by atoms with Gasteiger partial charge < -0.3 is 4.74 Å². The minimum absolute atomic E-state index is 0.0856. The third-order valence-electron chi connectivity index (χ3n) is 0.997. The van der Waals surface area contributed by atoms with E-state index < -0.39 is 0 Å². The van der Waals surface area contributed by atoms with Crippen LogP contribution in [0.1, 0.15) is 0 Å². The molecule has 1 rings (SSSR count). The fraction of sp³-hybridized carbons (Fsp3) is 0.200. The molecule has 0 fully saturated rings. The average Bonchev–Trinajstić information content (AvgIpc) is 1.88. The predicted molar refractivity (Wildman–Crippen MR) is 37.9 cm³/mol. The summed E-state index contributed by atoms with van der Waals surface area (Å²) in [5, 5.41) is 3.53. The van der Waals surface area contributed by atoms with Crippen LogP contribution in [0.15, 0.2) is 27.1 Å². The van der Waals surface area contributed by atoms with Gasteiger partial charge >= 0.3 is 0 Å². The normalized spacial score (nSPS) is 18.0. The minimum Gasteiger partial charge on any atom is -0.477 e. The van der Waals surface area contributed by atoms with Gasteiger partial charge in [0.05, 0.1) is 5.03 Å². The number of halogens is 2. The Hall–Kier alpha value is -0.540. The van der Waals surface area contributed by atoms with E-state index in [2.05, 4.69) is 5.11 Å². The summed E-state index contributed by atoms with van der Waals surface area (Å²) in [4.78, 5) is 0. The largest absolute Gasteiger partial charge is 0.477 e. The summed E-state index contributed by atoms with van der Waals surface area (Å²) in [6, 6.07) is 0. The van der Waals surface area contributed by atoms with Gasteiger partial charge in [-0.25, -0.2) is 5.53 Å². The van der Waals surface area contributed by atoms with E-state index in [0.29, 0.717) is 11.6 Å². The molecule has 3 nitrogen and oxygen atoms in total. The fourth-order valence-corrected chi connectivity index (χ4v) is 0.991. The molecule has 0 atom stereocenters. The molecule has 0 bridgehead atoms. The van der Waals surface area contributed by atoms with Gasteiger partial charge in [-0.05, 0) is 17.7 Å². The van der Waals surface area contributed by atoms with E-state index in [1.807, 2.05) is 0 Å². The van der Waals surface area contributed by atoms with Crippen LogP contribution >= 0.6 is 23.2 Å². The van der Waals surface area contributed by atoms with Crippen LogP contribution in [0.2, 0.25) is 0 Å². The quantitative estimate of drug-likeness (QED) is 0.617. The van der Waals surface area contributed by atoms with E-state index in [9.17, 15) is 0 Å². The van der Waals surface area contributed by atoms with Crippen molar-refractivity contribution in [1.82, 2.24) is 0 Å². The maximum Gasteiger partial charge on any atom is 0.217 e. The highest BCUT2D eigenvalue weighted by molar-refractivity contribution is 6.35. The molecule has 54 valence electrons. The van der Waals surface area contributed by atoms with Gasteiger partial charge in [-0.1, -0.05) is 11.6 Å². The van der Waals surface area contributed by atoms with Crippen molar-refractivity contribution in [3.05, 3.63) is 22.0 Å². The van der Waals surface area contributed by atoms with Crippen LogP contribution in [-0.2, 0) is 4.74 Å². The van der Waals surface area contributed by atoms with Crippen molar-refractivity contribution in [1.29, 1.82) is 5.53 Å². The Kier molecular flexibility index (Phi) is 2.29. The third-order valence-corrected chi connectivity index (χ3v) is 1.62. The minimum atomic E-state index is 0.0856. The second kappa shape index (κ2) is 3.03. The van der Waals surface area contributed by atoms with Gasteiger partial charge in [0.15, 0.2) is 5.70 Å². The molecule has 0 aromatic heterocycles. The van der Waals surface area contributed by atoms with Crippen LogP contribution in [0.4, 0.5) is 0 Å². The van der Waals surface area contributed by atoms with Crippen molar-refractivity contribution in [2.45, 2.75) is 0 Å². The maximum absolute atomic E-state index is 6.64. The Balaban J connectivity index is 2.97. The lowest BCUT2D eigenvalue weighted by atomic mass is 10.4. The van der Waals surface area contributed by atoms with E-state index in [4.69, 9.17) is 33.5 Å². The van der Waals surface area contributed by atoms with Gasteiger partial charge in [0.2, 0.25) is 5.22 Å². The number of rotatable bonds is 1. The van der Waals surface area contributed by atoms with Crippen LogP contribution in [-0.4, -0.2) is 6.61 Å². The molecule has 0 aromatic carbocycles. The molecule has 10 heavy (non-hydrogen) atoms. The molecule has 0 amide bonds. The van der Waals surface area contributed by atoms with Crippen LogP contribution in [0, 0.1) is 5.53 Å². The van der Waals surface area contributed by atoms with Crippen molar-refractivity contribution in [2.75, 3.05) is 6.61 Å². The standard InChI is InChI=1S/C5H4Cl2N2O/c6-3-1-2-10-5(7)4(3)9-8/h1,8H,2H2. The van der Waals surface area contributed by atoms with Gasteiger partial charge in [0.25, 0.3) is 0 Å². The highest BCUT2D eigenvalue weighted by atomic mass is 35.5. The first kappa shape index (κ1) is 7.57. The second-order valence-electron chi connectivity index (χ2n) is 1.60. The lowest BCUT2D eigenvalue weighted by Gasteiger charge is -2.09. The SMILES string of the molecule is N=NC1=C(Cl)OCC=C1Cl. The molecule has 0 spiro atoms. The van der Waals surface area contributed by atoms with Crippen molar-refractivity contribution in [3.8, 4) is 0 Å². The van der Waals surface area contributed by atoms with Crippen LogP contribution in [0.25, 0.3) is 0 Å². The zero-order valence-corrected chi connectivity index (χ0v) is 6.41. The van der Waals surface area contributed by atoms with Gasteiger partial charge in [-0.2, -0.15) is 5.11 Å². The molecule has 0 unspecified atom stereocenters. The zero-order valence-electron chi connectivity index (χ0n) is 4.90. The topological polar surface area (TPSA) is 45.4 Å². The van der Waals surface area contributed by atoms with Crippen LogP contribution in [0.3, 0.4) is 0 Å². The van der Waals surface area contributed by atoms with Gasteiger partial charge in [-0.3, -0.25) is 0 Å². The Bertz CT molecular complexity index is 222. The number of hydrogen-bond acceptors (Lipinski definition) is 3. The summed E-state index contributed by atoms with van der Waals surface area (Å²) in [6.07, 6.45) is 1.60. The maximum atomic E-state index is 6.64. The summed E-state index contributed by atoms with van der Waals surface area (Å²) in [5.74, 6) is 0. The Morgan fingerprint density at radius 3 is 2.70 bits per heavy atom. The monoisotopic (exact) mass is 178 g/mol. The Labute approximate surface area is 67.8 Å². The van der Waals surface area contributed by atoms with Gasteiger partial charge in [-0.15, -0.1) is 0 Å². The van der Waals surface area contributed by atoms with Crippen molar-refractivity contribution in [3.63, 3.8) is 0 Å². The molecule has 0 aliphatic carbocycles. The van der Waals surface area contributed by atoms with Crippen LogP contribution in [0.5, 0.6) is 0 Å². The average molecular weight is 179 g/mol. The number of allylic oxidation sites excluding steroid dienone is 1. The van der Waals surface area contributed by atoms with Crippen LogP contribution < -0.4 is 0 Å². The zero-order chi connectivity index (χ0) is 7.56. The third kappa shape index (κ3) is 1.30. The lowest BCUT2D eigenvalue weighted by molar-refractivity contribution is 0.266. The van der Waals surface area contributed by atoms with E-state index in [0.717, 1.165) is 0 Å². The van der Waals surface area contributed by atoms with E-state index in [-0.39, 0.29) is 10.9 Å². The first-order chi connectivity index (χ1) is 4.75. The van der Waals surface area contributed by atoms with Crippen molar-refractivity contribution >= 4 is 23.2 Å². The number of nitrogens with zero attached hydrogens (tertiary/aromatic N) is 1. The molecule has 0 saturated heterocycles. The smallest absolute Gasteiger partial charge is 0.217 e. The molecule has 1 aliphatic heterocycles. The molecular weight excluding hydrogens is 175 g/mol. The molecule has 1 N–H and O–H groups in total. The summed E-state index contributed by atoms with van der Waals surface area (Å²) < 4.78 is 4.82. The molecule has 0 radical (unpaired) electrons. The number of nitrogens with one attached hydrogen (secondary N) is 1. The second-order valence-corrected chi connectivity index (χ2v) is 2.35. The van der Waals surface area contributed by atoms with Gasteiger partial charge in [0, 0.05) is 0 Å². The molecule has 1 heterocycles. The predicted octanol–water partition coefficient (Wildman–Crippen LogP) is 2.58. The Morgan fingerprint density at radius 1 is 1.60 bits per heavy atom. The molecule has 0 saturated carbocycles. The van der Waals surface area contributed by atoms with E-state index in [1.54, 1.807) is 6.08 Å². The van der Waals surface area contributed by atoms with Gasteiger partial charge in [0.1, 0.15) is 6.61 Å². The lowest BCUT2D eigenvalue weighted by Crippen LogP contribution is -1.98. The van der Waals surface area contributed by atoms with E-state index in [1.165, 1.54) is 0 Å². The number of ether oxygens (including phenoxy) is 1. The first-order valence-electron chi connectivity index (χ1n) is 2.51. The highest BCUT2D eigenvalue weighted by Crippen LogP contribution is 2.26. The summed E-state index contributed by atoms with van der Waals surface area (Å²) in [7, 11) is 0. The summed E-state index contributed by atoms with van der Waals surface area (Å²) in [6.45, 7) is 0.344. The molecule has 0 aromatic rings. The fourth-order valence-electron chi connectivity index (χ4n) is 0.544. The van der Waals surface area contributed by atoms with E-state index >= 15 is 0 Å². The molecule has 5 heteroatoms. The Morgan fingerprint density at radius 2 is 2.30 bits per heavy atom. The molecular formula is C5H4Cl2N2O. The highest BCUT2D eigenvalue weighted by Gasteiger charge is 2.12.